The van der Waals surface area contributed by atoms with Gasteiger partial charge in [0.15, 0.2) is 0 Å². The molecule has 9 nitrogen and oxygen atoms in total. The molecule has 4 fully saturated rings. The zero-order valence-electron chi connectivity index (χ0n) is 20.5. The number of amides is 2. The molecule has 0 bridgehead atoms. The maximum atomic E-state index is 14.1. The molecule has 1 aliphatic carbocycles. The van der Waals surface area contributed by atoms with Crippen molar-refractivity contribution in [3.05, 3.63) is 57.5 Å². The third-order valence-electron chi connectivity index (χ3n) is 7.98. The largest absolute Gasteiger partial charge is 0.507 e. The minimum Gasteiger partial charge on any atom is -0.507 e. The predicted octanol–water partition coefficient (Wildman–Crippen LogP) is 2.66. The van der Waals surface area contributed by atoms with Gasteiger partial charge in [0.25, 0.3) is 0 Å². The highest BCUT2D eigenvalue weighted by molar-refractivity contribution is 9.10. The van der Waals surface area contributed by atoms with Crippen molar-refractivity contribution < 1.29 is 23.1 Å². The Morgan fingerprint density at radius 1 is 1.00 bits per heavy atom. The van der Waals surface area contributed by atoms with Gasteiger partial charge in [0, 0.05) is 41.6 Å². The molecule has 0 radical (unpaired) electrons. The Bertz CT molecular complexity index is 1380. The van der Waals surface area contributed by atoms with E-state index >= 15 is 0 Å². The van der Waals surface area contributed by atoms with Crippen molar-refractivity contribution in [1.82, 2.24) is 19.0 Å². The first-order chi connectivity index (χ1) is 18.1. The zero-order chi connectivity index (χ0) is 26.8. The van der Waals surface area contributed by atoms with Crippen molar-refractivity contribution in [1.29, 1.82) is 0 Å². The van der Waals surface area contributed by atoms with E-state index in [9.17, 15) is 23.1 Å². The van der Waals surface area contributed by atoms with Gasteiger partial charge >= 0.3 is 0 Å². The number of phenolic OH excluding ortho intramolecular Hbond substituents is 1. The van der Waals surface area contributed by atoms with E-state index in [-0.39, 0.29) is 47.3 Å². The van der Waals surface area contributed by atoms with E-state index in [1.807, 2.05) is 29.2 Å². The Labute approximate surface area is 235 Å². The summed E-state index contributed by atoms with van der Waals surface area (Å²) < 4.78 is 30.4. The van der Waals surface area contributed by atoms with Crippen LogP contribution in [-0.4, -0.2) is 94.8 Å². The van der Waals surface area contributed by atoms with Crippen molar-refractivity contribution >= 4 is 49.4 Å². The fourth-order valence-corrected chi connectivity index (χ4v) is 7.88. The number of benzene rings is 2. The standard InChI is InChI=1S/C26H28BrClN4O5S/c27-17-4-2-16(3-5-17)12-20-25(34)30(19-7-8-19)15-24-31(14-21(26(35)32(20)24)29-10-1-11-29)38(36,37)23-13-18(28)6-9-22(23)33/h2-6,9,13,19-21,24,33H,1,7-8,10-12,14-15H2. The molecular weight excluding hydrogens is 596 g/mol. The highest BCUT2D eigenvalue weighted by Gasteiger charge is 2.56. The summed E-state index contributed by atoms with van der Waals surface area (Å²) in [6.45, 7) is 1.42. The van der Waals surface area contributed by atoms with Gasteiger partial charge in [0.2, 0.25) is 21.8 Å². The van der Waals surface area contributed by atoms with Crippen molar-refractivity contribution in [2.45, 2.75) is 54.9 Å². The van der Waals surface area contributed by atoms with Crippen LogP contribution in [0.15, 0.2) is 51.8 Å². The van der Waals surface area contributed by atoms with Gasteiger partial charge < -0.3 is 14.9 Å². The minimum atomic E-state index is -4.27. The van der Waals surface area contributed by atoms with E-state index in [0.717, 1.165) is 29.3 Å². The molecule has 1 saturated carbocycles. The molecule has 1 N–H and O–H groups in total. The molecule has 3 saturated heterocycles. The quantitative estimate of drug-likeness (QED) is 0.531. The lowest BCUT2D eigenvalue weighted by Crippen LogP contribution is -2.76. The fourth-order valence-electron chi connectivity index (χ4n) is 5.69. The average Bonchev–Trinajstić information content (AvgIpc) is 3.69. The molecule has 4 aliphatic rings. The Morgan fingerprint density at radius 2 is 1.71 bits per heavy atom. The topological polar surface area (TPSA) is 101 Å². The SMILES string of the molecule is O=C1C(Cc2ccc(Br)cc2)N2C(=O)C(N3CCC3)CN(S(=O)(=O)c3cc(Cl)ccc3O)C2CN1C1CC1. The van der Waals surface area contributed by atoms with Crippen molar-refractivity contribution in [2.24, 2.45) is 0 Å². The van der Waals surface area contributed by atoms with Crippen molar-refractivity contribution in [3.8, 4) is 5.75 Å². The maximum absolute atomic E-state index is 14.1. The number of hydrogen-bond donors (Lipinski definition) is 1. The number of halogens is 2. The van der Waals surface area contributed by atoms with E-state index in [4.69, 9.17) is 11.6 Å². The third-order valence-corrected chi connectivity index (χ3v) is 10.6. The van der Waals surface area contributed by atoms with Crippen LogP contribution in [0.25, 0.3) is 0 Å². The van der Waals surface area contributed by atoms with E-state index in [2.05, 4.69) is 15.9 Å². The van der Waals surface area contributed by atoms with Crippen LogP contribution < -0.4 is 0 Å². The van der Waals surface area contributed by atoms with E-state index in [1.165, 1.54) is 27.4 Å². The Balaban J connectivity index is 1.45. The van der Waals surface area contributed by atoms with Crippen molar-refractivity contribution in [3.63, 3.8) is 0 Å². The van der Waals surface area contributed by atoms with Crippen LogP contribution in [0.1, 0.15) is 24.8 Å². The first kappa shape index (κ1) is 26.1. The number of piperazine rings is 1. The van der Waals surface area contributed by atoms with Crippen LogP contribution in [0.4, 0.5) is 0 Å². The third kappa shape index (κ3) is 4.52. The second kappa shape index (κ2) is 9.78. The summed E-state index contributed by atoms with van der Waals surface area (Å²) >= 11 is 9.56. The Morgan fingerprint density at radius 3 is 2.34 bits per heavy atom. The lowest BCUT2D eigenvalue weighted by Gasteiger charge is -2.55. The van der Waals surface area contributed by atoms with Gasteiger partial charge in [-0.2, -0.15) is 4.31 Å². The monoisotopic (exact) mass is 622 g/mol. The van der Waals surface area contributed by atoms with E-state index < -0.39 is 34.0 Å². The molecule has 12 heteroatoms. The molecule has 202 valence electrons. The van der Waals surface area contributed by atoms with Crippen LogP contribution in [0.2, 0.25) is 5.02 Å². The number of carbonyl (C=O) groups excluding carboxylic acids is 2. The van der Waals surface area contributed by atoms with Gasteiger partial charge in [-0.05, 0) is 55.2 Å². The molecular formula is C26H28BrClN4O5S. The molecule has 3 heterocycles. The summed E-state index contributed by atoms with van der Waals surface area (Å²) in [7, 11) is -4.27. The number of phenols is 1. The second-order valence-corrected chi connectivity index (χ2v) is 13.6. The summed E-state index contributed by atoms with van der Waals surface area (Å²) in [4.78, 5) is 32.8. The van der Waals surface area contributed by atoms with Gasteiger partial charge in [-0.15, -0.1) is 0 Å². The van der Waals surface area contributed by atoms with E-state index in [1.54, 1.807) is 4.90 Å². The Kier molecular flexibility index (Phi) is 6.71. The van der Waals surface area contributed by atoms with Crippen LogP contribution in [0.5, 0.6) is 5.75 Å². The number of sulfonamides is 1. The Hall–Kier alpha value is -2.18. The summed E-state index contributed by atoms with van der Waals surface area (Å²) in [6, 6.07) is 10.0. The molecule has 38 heavy (non-hydrogen) atoms. The highest BCUT2D eigenvalue weighted by atomic mass is 79.9. The van der Waals surface area contributed by atoms with Gasteiger partial charge in [0.1, 0.15) is 28.9 Å². The van der Waals surface area contributed by atoms with Gasteiger partial charge in [-0.3, -0.25) is 14.5 Å². The molecule has 0 aromatic heterocycles. The van der Waals surface area contributed by atoms with Crippen LogP contribution in [0, 0.1) is 0 Å². The molecule has 3 aliphatic heterocycles. The molecule has 2 aromatic rings. The number of nitrogens with zero attached hydrogens (tertiary/aromatic N) is 4. The van der Waals surface area contributed by atoms with Crippen molar-refractivity contribution in [2.75, 3.05) is 26.2 Å². The second-order valence-electron chi connectivity index (χ2n) is 10.4. The fraction of sp³-hybridized carbons (Fsp3) is 0.462. The summed E-state index contributed by atoms with van der Waals surface area (Å²) in [6.07, 6.45) is 2.03. The van der Waals surface area contributed by atoms with Gasteiger partial charge in [-0.1, -0.05) is 39.7 Å². The number of hydrogen-bond acceptors (Lipinski definition) is 6. The molecule has 3 atom stereocenters. The summed E-state index contributed by atoms with van der Waals surface area (Å²) in [5.74, 6) is -0.773. The lowest BCUT2D eigenvalue weighted by atomic mass is 9.96. The summed E-state index contributed by atoms with van der Waals surface area (Å²) in [5.41, 5.74) is 0.878. The van der Waals surface area contributed by atoms with Crippen LogP contribution in [-0.2, 0) is 26.0 Å². The highest BCUT2D eigenvalue weighted by Crippen LogP contribution is 2.39. The average molecular weight is 624 g/mol. The number of fused-ring (bicyclic) bond motifs is 1. The van der Waals surface area contributed by atoms with E-state index in [0.29, 0.717) is 13.1 Å². The number of aromatic hydroxyl groups is 1. The first-order valence-electron chi connectivity index (χ1n) is 12.8. The van der Waals surface area contributed by atoms with Crippen LogP contribution >= 0.6 is 27.5 Å². The molecule has 3 unspecified atom stereocenters. The molecule has 6 rings (SSSR count). The number of likely N-dealkylation sites (tertiary alicyclic amines) is 1. The first-order valence-corrected chi connectivity index (χ1v) is 15.4. The lowest BCUT2D eigenvalue weighted by molar-refractivity contribution is -0.172. The predicted molar refractivity (Wildman–Crippen MR) is 144 cm³/mol. The normalized spacial score (nSPS) is 26.8. The van der Waals surface area contributed by atoms with Crippen LogP contribution in [0.3, 0.4) is 0 Å². The minimum absolute atomic E-state index is 0.0457. The molecule has 2 amide bonds. The number of rotatable bonds is 6. The van der Waals surface area contributed by atoms with Gasteiger partial charge in [-0.25, -0.2) is 8.42 Å². The number of carbonyl (C=O) groups is 2. The zero-order valence-corrected chi connectivity index (χ0v) is 23.7. The van der Waals surface area contributed by atoms with Gasteiger partial charge in [0.05, 0.1) is 6.54 Å². The molecule has 2 aromatic carbocycles. The smallest absolute Gasteiger partial charge is 0.248 e. The maximum Gasteiger partial charge on any atom is 0.248 e. The summed E-state index contributed by atoms with van der Waals surface area (Å²) in [5, 5.41) is 10.7. The molecule has 0 spiro atoms.